The number of sulfonamides is 1. The van der Waals surface area contributed by atoms with Gasteiger partial charge in [0.15, 0.2) is 0 Å². The zero-order valence-corrected chi connectivity index (χ0v) is 18.4. The molecule has 1 N–H and O–H groups in total. The van der Waals surface area contributed by atoms with Crippen molar-refractivity contribution in [1.29, 1.82) is 0 Å². The Balaban J connectivity index is 1.81. The van der Waals surface area contributed by atoms with E-state index in [9.17, 15) is 16.8 Å². The fraction of sp³-hybridized carbons (Fsp3) is 0.300. The van der Waals surface area contributed by atoms with E-state index in [-0.39, 0.29) is 9.79 Å². The van der Waals surface area contributed by atoms with E-state index in [4.69, 9.17) is 0 Å². The lowest BCUT2D eigenvalue weighted by Gasteiger charge is -2.30. The van der Waals surface area contributed by atoms with Crippen molar-refractivity contribution in [1.82, 2.24) is 13.6 Å². The molecule has 2 aromatic carbocycles. The van der Waals surface area contributed by atoms with Crippen LogP contribution in [-0.4, -0.2) is 65.4 Å². The van der Waals surface area contributed by atoms with Crippen molar-refractivity contribution in [3.63, 3.8) is 0 Å². The van der Waals surface area contributed by atoms with Crippen LogP contribution < -0.4 is 10.2 Å². The minimum absolute atomic E-state index is 0.0634. The number of aromatic nitrogens is 1. The Morgan fingerprint density at radius 3 is 2.27 bits per heavy atom. The summed E-state index contributed by atoms with van der Waals surface area (Å²) in [5.41, 5.74) is 1.55. The topological polar surface area (TPSA) is 91.7 Å². The number of fused-ring (bicyclic) bond motifs is 1. The van der Waals surface area contributed by atoms with Crippen molar-refractivity contribution >= 4 is 36.6 Å². The number of hydrogen-bond acceptors (Lipinski definition) is 6. The SMILES string of the molecule is CN(C)S(=O)(=O)c1cccc(S(=O)(=O)n2ccc3c(N4CCNCC4)cccc32)c1. The quantitative estimate of drug-likeness (QED) is 0.637. The first-order valence-electron chi connectivity index (χ1n) is 9.57. The highest BCUT2D eigenvalue weighted by Gasteiger charge is 2.24. The van der Waals surface area contributed by atoms with Gasteiger partial charge in [-0.1, -0.05) is 12.1 Å². The Bertz CT molecular complexity index is 1290. The maximum Gasteiger partial charge on any atom is 0.268 e. The highest BCUT2D eigenvalue weighted by atomic mass is 32.2. The number of piperazine rings is 1. The predicted octanol–water partition coefficient (Wildman–Crippen LogP) is 1.54. The Kier molecular flexibility index (Phi) is 5.35. The smallest absolute Gasteiger partial charge is 0.268 e. The van der Waals surface area contributed by atoms with Gasteiger partial charge in [0.25, 0.3) is 10.0 Å². The van der Waals surface area contributed by atoms with Gasteiger partial charge in [-0.3, -0.25) is 0 Å². The molecule has 0 atom stereocenters. The van der Waals surface area contributed by atoms with Crippen LogP contribution in [-0.2, 0) is 20.0 Å². The van der Waals surface area contributed by atoms with Crippen molar-refractivity contribution in [2.45, 2.75) is 9.79 Å². The number of nitrogens with one attached hydrogen (secondary N) is 1. The Labute approximate surface area is 176 Å². The minimum Gasteiger partial charge on any atom is -0.368 e. The summed E-state index contributed by atoms with van der Waals surface area (Å²) in [6, 6.07) is 12.9. The maximum atomic E-state index is 13.4. The van der Waals surface area contributed by atoms with Crippen LogP contribution in [0.15, 0.2) is 64.5 Å². The fourth-order valence-corrected chi connectivity index (χ4v) is 6.05. The molecule has 30 heavy (non-hydrogen) atoms. The minimum atomic E-state index is -3.98. The highest BCUT2D eigenvalue weighted by Crippen LogP contribution is 2.31. The van der Waals surface area contributed by atoms with Crippen molar-refractivity contribution in [3.05, 3.63) is 54.7 Å². The van der Waals surface area contributed by atoms with Gasteiger partial charge in [0.1, 0.15) is 0 Å². The van der Waals surface area contributed by atoms with Gasteiger partial charge in [0, 0.05) is 57.5 Å². The number of rotatable bonds is 5. The zero-order valence-electron chi connectivity index (χ0n) is 16.8. The second kappa shape index (κ2) is 7.69. The summed E-state index contributed by atoms with van der Waals surface area (Å²) in [5, 5.41) is 4.16. The van der Waals surface area contributed by atoms with Crippen LogP contribution in [0.2, 0.25) is 0 Å². The van der Waals surface area contributed by atoms with Crippen LogP contribution in [0, 0.1) is 0 Å². The third kappa shape index (κ3) is 3.49. The summed E-state index contributed by atoms with van der Waals surface area (Å²) in [6.45, 7) is 3.45. The zero-order chi connectivity index (χ0) is 21.5. The summed E-state index contributed by atoms with van der Waals surface area (Å²) >= 11 is 0. The fourth-order valence-electron chi connectivity index (χ4n) is 3.64. The molecule has 1 fully saturated rings. The van der Waals surface area contributed by atoms with E-state index in [1.54, 1.807) is 12.1 Å². The molecular formula is C20H24N4O4S2. The molecule has 160 valence electrons. The Hall–Kier alpha value is -2.40. The van der Waals surface area contributed by atoms with Gasteiger partial charge in [-0.05, 0) is 36.4 Å². The molecule has 0 spiro atoms. The second-order valence-electron chi connectivity index (χ2n) is 7.33. The Morgan fingerprint density at radius 1 is 0.900 bits per heavy atom. The standard InChI is InChI=1S/C20H24N4O4S2/c1-22(2)29(25,26)16-5-3-6-17(15-16)30(27,28)24-12-9-18-19(7-4-8-20(18)24)23-13-10-21-11-14-23/h3-9,12,15,21H,10-11,13-14H2,1-2H3. The number of benzene rings is 2. The van der Waals surface area contributed by atoms with E-state index in [0.717, 1.165) is 41.6 Å². The van der Waals surface area contributed by atoms with Crippen molar-refractivity contribution in [3.8, 4) is 0 Å². The number of nitrogens with zero attached hydrogens (tertiary/aromatic N) is 3. The molecular weight excluding hydrogens is 424 g/mol. The molecule has 1 saturated heterocycles. The summed E-state index contributed by atoms with van der Waals surface area (Å²) in [6.07, 6.45) is 1.53. The molecule has 0 saturated carbocycles. The van der Waals surface area contributed by atoms with Gasteiger partial charge in [0.05, 0.1) is 15.3 Å². The van der Waals surface area contributed by atoms with Crippen LogP contribution in [0.3, 0.4) is 0 Å². The van der Waals surface area contributed by atoms with Gasteiger partial charge in [-0.2, -0.15) is 0 Å². The monoisotopic (exact) mass is 448 g/mol. The molecule has 0 aliphatic carbocycles. The molecule has 2 heterocycles. The molecule has 0 amide bonds. The average Bonchev–Trinajstić information content (AvgIpc) is 3.19. The van der Waals surface area contributed by atoms with Crippen LogP contribution in [0.5, 0.6) is 0 Å². The first-order valence-corrected chi connectivity index (χ1v) is 12.4. The average molecular weight is 449 g/mol. The third-order valence-corrected chi connectivity index (χ3v) is 8.77. The predicted molar refractivity (Wildman–Crippen MR) is 117 cm³/mol. The summed E-state index contributed by atoms with van der Waals surface area (Å²) in [7, 11) is -4.90. The molecule has 0 radical (unpaired) electrons. The van der Waals surface area contributed by atoms with E-state index in [1.807, 2.05) is 12.1 Å². The number of hydrogen-bond donors (Lipinski definition) is 1. The molecule has 1 aliphatic heterocycles. The summed E-state index contributed by atoms with van der Waals surface area (Å²) < 4.78 is 53.9. The molecule has 1 aromatic heterocycles. The van der Waals surface area contributed by atoms with Crippen molar-refractivity contribution in [2.24, 2.45) is 0 Å². The van der Waals surface area contributed by atoms with Gasteiger partial charge in [0.2, 0.25) is 10.0 Å². The van der Waals surface area contributed by atoms with Gasteiger partial charge in [-0.15, -0.1) is 0 Å². The van der Waals surface area contributed by atoms with Gasteiger partial charge < -0.3 is 10.2 Å². The molecule has 3 aromatic rings. The van der Waals surface area contributed by atoms with E-state index in [2.05, 4.69) is 10.2 Å². The van der Waals surface area contributed by atoms with Crippen molar-refractivity contribution < 1.29 is 16.8 Å². The Morgan fingerprint density at radius 2 is 1.57 bits per heavy atom. The first kappa shape index (κ1) is 20.9. The van der Waals surface area contributed by atoms with E-state index in [1.165, 1.54) is 48.5 Å². The largest absolute Gasteiger partial charge is 0.368 e. The first-order chi connectivity index (χ1) is 14.2. The molecule has 0 bridgehead atoms. The lowest BCUT2D eigenvalue weighted by molar-refractivity contribution is 0.520. The molecule has 10 heteroatoms. The van der Waals surface area contributed by atoms with Crippen LogP contribution in [0.4, 0.5) is 5.69 Å². The van der Waals surface area contributed by atoms with Gasteiger partial charge in [-0.25, -0.2) is 25.1 Å². The molecule has 1 aliphatic rings. The van der Waals surface area contributed by atoms with Crippen LogP contribution >= 0.6 is 0 Å². The van der Waals surface area contributed by atoms with Crippen LogP contribution in [0.25, 0.3) is 10.9 Å². The summed E-state index contributed by atoms with van der Waals surface area (Å²) in [4.78, 5) is 2.10. The van der Waals surface area contributed by atoms with Crippen molar-refractivity contribution in [2.75, 3.05) is 45.2 Å². The van der Waals surface area contributed by atoms with E-state index in [0.29, 0.717) is 5.52 Å². The van der Waals surface area contributed by atoms with Gasteiger partial charge >= 0.3 is 0 Å². The lowest BCUT2D eigenvalue weighted by atomic mass is 10.2. The summed E-state index contributed by atoms with van der Waals surface area (Å²) in [5.74, 6) is 0. The lowest BCUT2D eigenvalue weighted by Crippen LogP contribution is -2.43. The normalized spacial score (nSPS) is 15.8. The molecule has 4 rings (SSSR count). The number of anilines is 1. The van der Waals surface area contributed by atoms with E-state index >= 15 is 0 Å². The van der Waals surface area contributed by atoms with E-state index < -0.39 is 20.0 Å². The van der Waals surface area contributed by atoms with Crippen LogP contribution in [0.1, 0.15) is 0 Å². The third-order valence-electron chi connectivity index (χ3n) is 5.27. The molecule has 0 unspecified atom stereocenters. The highest BCUT2D eigenvalue weighted by molar-refractivity contribution is 7.90. The second-order valence-corrected chi connectivity index (χ2v) is 11.3. The maximum absolute atomic E-state index is 13.4. The molecule has 8 nitrogen and oxygen atoms in total.